The van der Waals surface area contributed by atoms with E-state index in [1.54, 1.807) is 0 Å². The van der Waals surface area contributed by atoms with Gasteiger partial charge in [0, 0.05) is 38.0 Å². The molecule has 5 nitrogen and oxygen atoms in total. The summed E-state index contributed by atoms with van der Waals surface area (Å²) in [5.74, 6) is 1.29. The van der Waals surface area contributed by atoms with E-state index in [0.29, 0.717) is 24.3 Å². The Balaban J connectivity index is 1.38. The maximum atomic E-state index is 12.7. The standard InChI is InChI=1S/C19H33N3O2/c1-22(17-10-11-20-13-17)19(24)15-6-8-16(9-7-15)21-18(23)12-14-4-2-3-5-14/h14-17,20H,2-13H2,1H3,(H,21,23). The molecule has 2 amide bonds. The molecule has 136 valence electrons. The number of nitrogens with zero attached hydrogens (tertiary/aromatic N) is 1. The monoisotopic (exact) mass is 335 g/mol. The highest BCUT2D eigenvalue weighted by Crippen LogP contribution is 2.29. The van der Waals surface area contributed by atoms with Crippen molar-refractivity contribution in [2.45, 2.75) is 76.3 Å². The molecule has 1 saturated heterocycles. The third-order valence-corrected chi connectivity index (χ3v) is 6.32. The van der Waals surface area contributed by atoms with Crippen molar-refractivity contribution in [3.05, 3.63) is 0 Å². The fraction of sp³-hybridized carbons (Fsp3) is 0.895. The zero-order valence-electron chi connectivity index (χ0n) is 15.1. The summed E-state index contributed by atoms with van der Waals surface area (Å²) in [4.78, 5) is 26.8. The topological polar surface area (TPSA) is 61.4 Å². The number of carbonyl (C=O) groups excluding carboxylic acids is 2. The summed E-state index contributed by atoms with van der Waals surface area (Å²) in [5, 5.41) is 6.54. The van der Waals surface area contributed by atoms with Crippen molar-refractivity contribution in [1.29, 1.82) is 0 Å². The summed E-state index contributed by atoms with van der Waals surface area (Å²) in [6.07, 6.45) is 10.5. The van der Waals surface area contributed by atoms with Crippen molar-refractivity contribution < 1.29 is 9.59 Å². The molecule has 1 heterocycles. The van der Waals surface area contributed by atoms with Crippen LogP contribution in [0, 0.1) is 11.8 Å². The Morgan fingerprint density at radius 2 is 1.75 bits per heavy atom. The molecule has 0 aromatic carbocycles. The van der Waals surface area contributed by atoms with Gasteiger partial charge < -0.3 is 15.5 Å². The zero-order chi connectivity index (χ0) is 16.9. The molecular weight excluding hydrogens is 302 g/mol. The number of carbonyl (C=O) groups is 2. The minimum Gasteiger partial charge on any atom is -0.353 e. The first-order valence-corrected chi connectivity index (χ1v) is 9.90. The van der Waals surface area contributed by atoms with Crippen LogP contribution in [0.3, 0.4) is 0 Å². The van der Waals surface area contributed by atoms with Crippen LogP contribution in [0.5, 0.6) is 0 Å². The highest BCUT2D eigenvalue weighted by Gasteiger charge is 2.32. The summed E-state index contributed by atoms with van der Waals surface area (Å²) in [7, 11) is 1.95. The predicted molar refractivity (Wildman–Crippen MR) is 94.5 cm³/mol. The fourth-order valence-electron chi connectivity index (χ4n) is 4.69. The van der Waals surface area contributed by atoms with E-state index >= 15 is 0 Å². The summed E-state index contributed by atoms with van der Waals surface area (Å²) in [5.41, 5.74) is 0. The van der Waals surface area contributed by atoms with Gasteiger partial charge in [-0.25, -0.2) is 0 Å². The lowest BCUT2D eigenvalue weighted by Gasteiger charge is -2.33. The quantitative estimate of drug-likeness (QED) is 0.808. The Labute approximate surface area is 145 Å². The lowest BCUT2D eigenvalue weighted by molar-refractivity contribution is -0.137. The van der Waals surface area contributed by atoms with Gasteiger partial charge >= 0.3 is 0 Å². The summed E-state index contributed by atoms with van der Waals surface area (Å²) < 4.78 is 0. The van der Waals surface area contributed by atoms with Gasteiger partial charge in [-0.05, 0) is 57.4 Å². The second-order valence-corrected chi connectivity index (χ2v) is 8.07. The number of rotatable bonds is 5. The van der Waals surface area contributed by atoms with E-state index < -0.39 is 0 Å². The van der Waals surface area contributed by atoms with Gasteiger partial charge in [-0.3, -0.25) is 9.59 Å². The molecule has 3 aliphatic rings. The first kappa shape index (κ1) is 17.7. The Morgan fingerprint density at radius 3 is 2.38 bits per heavy atom. The minimum absolute atomic E-state index is 0.151. The number of amides is 2. The summed E-state index contributed by atoms with van der Waals surface area (Å²) in [6.45, 7) is 1.94. The van der Waals surface area contributed by atoms with Crippen LogP contribution in [0.4, 0.5) is 0 Å². The second-order valence-electron chi connectivity index (χ2n) is 8.07. The molecule has 0 radical (unpaired) electrons. The molecule has 0 aromatic rings. The molecule has 1 aliphatic heterocycles. The smallest absolute Gasteiger partial charge is 0.225 e. The van der Waals surface area contributed by atoms with Gasteiger partial charge in [0.25, 0.3) is 0 Å². The first-order chi connectivity index (χ1) is 11.6. The van der Waals surface area contributed by atoms with Crippen LogP contribution in [0.15, 0.2) is 0 Å². The van der Waals surface area contributed by atoms with E-state index in [-0.39, 0.29) is 17.9 Å². The fourth-order valence-corrected chi connectivity index (χ4v) is 4.69. The molecule has 2 aliphatic carbocycles. The molecule has 3 fully saturated rings. The van der Waals surface area contributed by atoms with Crippen LogP contribution in [0.25, 0.3) is 0 Å². The van der Waals surface area contributed by atoms with Crippen molar-refractivity contribution in [3.8, 4) is 0 Å². The van der Waals surface area contributed by atoms with Gasteiger partial charge in [0.1, 0.15) is 0 Å². The molecule has 2 N–H and O–H groups in total. The maximum Gasteiger partial charge on any atom is 0.225 e. The number of likely N-dealkylation sites (N-methyl/N-ethyl adjacent to an activating group) is 1. The van der Waals surface area contributed by atoms with Gasteiger partial charge in [-0.15, -0.1) is 0 Å². The van der Waals surface area contributed by atoms with E-state index in [0.717, 1.165) is 45.2 Å². The summed E-state index contributed by atoms with van der Waals surface area (Å²) in [6, 6.07) is 0.641. The molecule has 0 bridgehead atoms. The van der Waals surface area contributed by atoms with E-state index in [9.17, 15) is 9.59 Å². The number of hydrogen-bond acceptors (Lipinski definition) is 3. The van der Waals surface area contributed by atoms with Crippen LogP contribution in [-0.2, 0) is 9.59 Å². The van der Waals surface area contributed by atoms with Crippen LogP contribution < -0.4 is 10.6 Å². The lowest BCUT2D eigenvalue weighted by atomic mass is 9.84. The third kappa shape index (κ3) is 4.50. The molecule has 0 spiro atoms. The van der Waals surface area contributed by atoms with Crippen molar-refractivity contribution >= 4 is 11.8 Å². The van der Waals surface area contributed by atoms with Crippen molar-refractivity contribution in [2.75, 3.05) is 20.1 Å². The number of nitrogens with one attached hydrogen (secondary N) is 2. The molecule has 0 aromatic heterocycles. The SMILES string of the molecule is CN(C(=O)C1CCC(NC(=O)CC2CCCC2)CC1)C1CCNC1. The molecule has 2 saturated carbocycles. The highest BCUT2D eigenvalue weighted by molar-refractivity contribution is 5.79. The van der Waals surface area contributed by atoms with Crippen molar-refractivity contribution in [2.24, 2.45) is 11.8 Å². The third-order valence-electron chi connectivity index (χ3n) is 6.32. The van der Waals surface area contributed by atoms with Gasteiger partial charge in [0.05, 0.1) is 0 Å². The number of hydrogen-bond donors (Lipinski definition) is 2. The largest absolute Gasteiger partial charge is 0.353 e. The summed E-state index contributed by atoms with van der Waals surface area (Å²) >= 11 is 0. The van der Waals surface area contributed by atoms with Crippen molar-refractivity contribution in [1.82, 2.24) is 15.5 Å². The second kappa shape index (κ2) is 8.32. The van der Waals surface area contributed by atoms with Crippen LogP contribution in [0.2, 0.25) is 0 Å². The van der Waals surface area contributed by atoms with E-state index in [2.05, 4.69) is 10.6 Å². The van der Waals surface area contributed by atoms with Crippen LogP contribution in [-0.4, -0.2) is 48.9 Å². The minimum atomic E-state index is 0.151. The average Bonchev–Trinajstić information content (AvgIpc) is 3.27. The Morgan fingerprint density at radius 1 is 1.04 bits per heavy atom. The van der Waals surface area contributed by atoms with Crippen LogP contribution in [0.1, 0.15) is 64.2 Å². The maximum absolute atomic E-state index is 12.7. The predicted octanol–water partition coefficient (Wildman–Crippen LogP) is 2.06. The van der Waals surface area contributed by atoms with Gasteiger partial charge in [0.2, 0.25) is 11.8 Å². The van der Waals surface area contributed by atoms with Crippen molar-refractivity contribution in [3.63, 3.8) is 0 Å². The lowest BCUT2D eigenvalue weighted by Crippen LogP contribution is -2.45. The Kier molecular flexibility index (Phi) is 6.14. The molecule has 1 atom stereocenters. The van der Waals surface area contributed by atoms with E-state index in [1.165, 1.54) is 25.7 Å². The Bertz CT molecular complexity index is 434. The Hall–Kier alpha value is -1.10. The normalized spacial score (nSPS) is 31.1. The van der Waals surface area contributed by atoms with E-state index in [1.807, 2.05) is 11.9 Å². The average molecular weight is 335 g/mol. The molecular formula is C19H33N3O2. The van der Waals surface area contributed by atoms with Gasteiger partial charge in [-0.2, -0.15) is 0 Å². The molecule has 24 heavy (non-hydrogen) atoms. The van der Waals surface area contributed by atoms with Gasteiger partial charge in [0.15, 0.2) is 0 Å². The van der Waals surface area contributed by atoms with Crippen LogP contribution >= 0.6 is 0 Å². The zero-order valence-corrected chi connectivity index (χ0v) is 15.1. The highest BCUT2D eigenvalue weighted by atomic mass is 16.2. The molecule has 3 rings (SSSR count). The molecule has 1 unspecified atom stereocenters. The molecule has 5 heteroatoms. The van der Waals surface area contributed by atoms with E-state index in [4.69, 9.17) is 0 Å². The van der Waals surface area contributed by atoms with Gasteiger partial charge in [-0.1, -0.05) is 12.8 Å². The first-order valence-electron chi connectivity index (χ1n) is 9.90.